The first-order valence-electron chi connectivity index (χ1n) is 5.95. The van der Waals surface area contributed by atoms with Gasteiger partial charge in [0.25, 0.3) is 0 Å². The van der Waals surface area contributed by atoms with Crippen LogP contribution in [-0.2, 0) is 0 Å². The highest BCUT2D eigenvalue weighted by Crippen LogP contribution is 2.31. The number of hydrogen-bond donors (Lipinski definition) is 1. The zero-order valence-electron chi connectivity index (χ0n) is 10.7. The summed E-state index contributed by atoms with van der Waals surface area (Å²) in [6.45, 7) is 4.27. The summed E-state index contributed by atoms with van der Waals surface area (Å²) in [6, 6.07) is 12.7. The van der Waals surface area contributed by atoms with Gasteiger partial charge in [-0.15, -0.1) is 0 Å². The molecule has 0 aliphatic heterocycles. The van der Waals surface area contributed by atoms with Crippen molar-refractivity contribution in [3.63, 3.8) is 0 Å². The van der Waals surface area contributed by atoms with Crippen LogP contribution in [-0.4, -0.2) is 0 Å². The molecule has 2 rings (SSSR count). The van der Waals surface area contributed by atoms with Crippen LogP contribution in [0.25, 0.3) is 0 Å². The van der Waals surface area contributed by atoms with E-state index in [9.17, 15) is 0 Å². The fourth-order valence-corrected chi connectivity index (χ4v) is 3.68. The Morgan fingerprint density at radius 1 is 1.00 bits per heavy atom. The lowest BCUT2D eigenvalue weighted by atomic mass is 10.1. The second-order valence-electron chi connectivity index (χ2n) is 4.44. The van der Waals surface area contributed by atoms with Gasteiger partial charge in [0.05, 0.1) is 0 Å². The SMILES string of the molecule is Cc1c(Br)cccc1NC(C)c1ccc(Br)cc1Br. The Kier molecular flexibility index (Phi) is 5.09. The standard InChI is InChI=1S/C15H14Br3N/c1-9-13(17)4-3-5-15(9)19-10(2)12-7-6-11(16)8-14(12)18/h3-8,10,19H,1-2H3. The fourth-order valence-electron chi connectivity index (χ4n) is 1.93. The maximum atomic E-state index is 3.61. The first-order chi connectivity index (χ1) is 8.99. The third kappa shape index (κ3) is 3.61. The minimum absolute atomic E-state index is 0.232. The summed E-state index contributed by atoms with van der Waals surface area (Å²) in [5.41, 5.74) is 3.61. The van der Waals surface area contributed by atoms with Gasteiger partial charge in [0, 0.05) is 25.1 Å². The molecule has 0 saturated heterocycles. The highest BCUT2D eigenvalue weighted by Gasteiger charge is 2.11. The van der Waals surface area contributed by atoms with E-state index >= 15 is 0 Å². The number of halogens is 3. The van der Waals surface area contributed by atoms with Gasteiger partial charge in [-0.05, 0) is 49.2 Å². The summed E-state index contributed by atoms with van der Waals surface area (Å²) in [7, 11) is 0. The molecule has 0 bridgehead atoms. The zero-order chi connectivity index (χ0) is 14.0. The van der Waals surface area contributed by atoms with E-state index in [2.05, 4.69) is 97.3 Å². The minimum Gasteiger partial charge on any atom is -0.378 e. The lowest BCUT2D eigenvalue weighted by Gasteiger charge is -2.19. The minimum atomic E-state index is 0.232. The van der Waals surface area contributed by atoms with Crippen LogP contribution in [0, 0.1) is 6.92 Å². The smallest absolute Gasteiger partial charge is 0.0496 e. The van der Waals surface area contributed by atoms with Crippen molar-refractivity contribution in [2.45, 2.75) is 19.9 Å². The Balaban J connectivity index is 2.25. The maximum Gasteiger partial charge on any atom is 0.0496 e. The van der Waals surface area contributed by atoms with E-state index in [4.69, 9.17) is 0 Å². The maximum absolute atomic E-state index is 3.61. The van der Waals surface area contributed by atoms with Crippen molar-refractivity contribution in [3.8, 4) is 0 Å². The molecule has 1 atom stereocenters. The molecule has 0 heterocycles. The van der Waals surface area contributed by atoms with Crippen molar-refractivity contribution < 1.29 is 0 Å². The van der Waals surface area contributed by atoms with E-state index in [1.54, 1.807) is 0 Å². The number of nitrogens with one attached hydrogen (secondary N) is 1. The normalized spacial score (nSPS) is 12.3. The quantitative estimate of drug-likeness (QED) is 0.569. The number of anilines is 1. The van der Waals surface area contributed by atoms with Crippen LogP contribution in [0.5, 0.6) is 0 Å². The van der Waals surface area contributed by atoms with Gasteiger partial charge in [0.2, 0.25) is 0 Å². The van der Waals surface area contributed by atoms with Gasteiger partial charge in [0.15, 0.2) is 0 Å². The predicted molar refractivity (Wildman–Crippen MR) is 92.8 cm³/mol. The van der Waals surface area contributed by atoms with E-state index in [0.29, 0.717) is 0 Å². The summed E-state index contributed by atoms with van der Waals surface area (Å²) >= 11 is 10.7. The molecule has 1 N–H and O–H groups in total. The van der Waals surface area contributed by atoms with Crippen LogP contribution < -0.4 is 5.32 Å². The topological polar surface area (TPSA) is 12.0 Å². The highest BCUT2D eigenvalue weighted by atomic mass is 79.9. The van der Waals surface area contributed by atoms with E-state index < -0.39 is 0 Å². The molecule has 100 valence electrons. The number of hydrogen-bond acceptors (Lipinski definition) is 1. The highest BCUT2D eigenvalue weighted by molar-refractivity contribution is 9.11. The van der Waals surface area contributed by atoms with Crippen LogP contribution >= 0.6 is 47.8 Å². The van der Waals surface area contributed by atoms with Gasteiger partial charge in [-0.1, -0.05) is 59.9 Å². The molecule has 1 unspecified atom stereocenters. The largest absolute Gasteiger partial charge is 0.378 e. The molecule has 1 nitrogen and oxygen atoms in total. The summed E-state index contributed by atoms with van der Waals surface area (Å²) in [4.78, 5) is 0. The van der Waals surface area contributed by atoms with E-state index in [1.165, 1.54) is 11.1 Å². The van der Waals surface area contributed by atoms with Crippen LogP contribution in [0.1, 0.15) is 24.1 Å². The Labute approximate surface area is 139 Å². The molecule has 0 saturated carbocycles. The molecule has 19 heavy (non-hydrogen) atoms. The van der Waals surface area contributed by atoms with Gasteiger partial charge in [-0.2, -0.15) is 0 Å². The van der Waals surface area contributed by atoms with Crippen molar-refractivity contribution in [1.82, 2.24) is 0 Å². The van der Waals surface area contributed by atoms with Crippen LogP contribution in [0.15, 0.2) is 49.8 Å². The van der Waals surface area contributed by atoms with Gasteiger partial charge in [0.1, 0.15) is 0 Å². The Hall–Kier alpha value is -0.320. The molecule has 2 aromatic carbocycles. The van der Waals surface area contributed by atoms with Crippen LogP contribution in [0.2, 0.25) is 0 Å². The Bertz CT molecular complexity index is 596. The lowest BCUT2D eigenvalue weighted by molar-refractivity contribution is 0.876. The molecule has 0 amide bonds. The molecule has 0 spiro atoms. The van der Waals surface area contributed by atoms with Crippen molar-refractivity contribution >= 4 is 53.5 Å². The van der Waals surface area contributed by atoms with Crippen LogP contribution in [0.4, 0.5) is 5.69 Å². The Morgan fingerprint density at radius 3 is 2.42 bits per heavy atom. The second kappa shape index (κ2) is 6.42. The van der Waals surface area contributed by atoms with Crippen molar-refractivity contribution in [2.75, 3.05) is 5.32 Å². The van der Waals surface area contributed by atoms with Crippen LogP contribution in [0.3, 0.4) is 0 Å². The molecule has 2 aromatic rings. The third-order valence-electron chi connectivity index (χ3n) is 3.07. The number of benzene rings is 2. The third-order valence-corrected chi connectivity index (χ3v) is 5.11. The summed E-state index contributed by atoms with van der Waals surface area (Å²) < 4.78 is 3.31. The summed E-state index contributed by atoms with van der Waals surface area (Å²) in [5, 5.41) is 3.55. The first kappa shape index (κ1) is 15.1. The van der Waals surface area contributed by atoms with Gasteiger partial charge >= 0.3 is 0 Å². The van der Waals surface area contributed by atoms with Crippen molar-refractivity contribution in [3.05, 3.63) is 60.9 Å². The molecule has 0 fully saturated rings. The number of rotatable bonds is 3. The molecule has 0 aliphatic carbocycles. The monoisotopic (exact) mass is 445 g/mol. The van der Waals surface area contributed by atoms with Crippen molar-refractivity contribution in [2.24, 2.45) is 0 Å². The molecule has 4 heteroatoms. The molecular weight excluding hydrogens is 434 g/mol. The molecule has 0 radical (unpaired) electrons. The van der Waals surface area contributed by atoms with E-state index in [1.807, 2.05) is 6.07 Å². The summed E-state index contributed by atoms with van der Waals surface area (Å²) in [5.74, 6) is 0. The molecule has 0 aliphatic rings. The summed E-state index contributed by atoms with van der Waals surface area (Å²) in [6.07, 6.45) is 0. The Morgan fingerprint density at radius 2 is 1.74 bits per heavy atom. The fraction of sp³-hybridized carbons (Fsp3) is 0.200. The first-order valence-corrected chi connectivity index (χ1v) is 8.33. The zero-order valence-corrected chi connectivity index (χ0v) is 15.4. The average Bonchev–Trinajstić information content (AvgIpc) is 2.34. The van der Waals surface area contributed by atoms with Gasteiger partial charge in [-0.3, -0.25) is 0 Å². The predicted octanol–water partition coefficient (Wildman–Crippen LogP) is 6.46. The van der Waals surface area contributed by atoms with Crippen molar-refractivity contribution in [1.29, 1.82) is 0 Å². The van der Waals surface area contributed by atoms with Gasteiger partial charge < -0.3 is 5.32 Å². The average molecular weight is 448 g/mol. The van der Waals surface area contributed by atoms with Gasteiger partial charge in [-0.25, -0.2) is 0 Å². The van der Waals surface area contributed by atoms with E-state index in [0.717, 1.165) is 19.1 Å². The second-order valence-corrected chi connectivity index (χ2v) is 7.07. The molecule has 0 aromatic heterocycles. The van der Waals surface area contributed by atoms with E-state index in [-0.39, 0.29) is 6.04 Å². The molecular formula is C15H14Br3N. The lowest BCUT2D eigenvalue weighted by Crippen LogP contribution is -2.08.